The van der Waals surface area contributed by atoms with E-state index in [9.17, 15) is 4.79 Å². The van der Waals surface area contributed by atoms with Gasteiger partial charge < -0.3 is 9.67 Å². The predicted molar refractivity (Wildman–Crippen MR) is 64.9 cm³/mol. The Kier molecular flexibility index (Phi) is 3.44. The number of rotatable bonds is 4. The quantitative estimate of drug-likeness (QED) is 0.847. The molecular weight excluding hydrogens is 240 g/mol. The number of benzene rings is 1. The second kappa shape index (κ2) is 5.01. The number of alkyl halides is 1. The van der Waals surface area contributed by atoms with Crippen LogP contribution in [-0.4, -0.2) is 26.0 Å². The number of aromatic nitrogens is 2. The molecule has 0 aliphatic rings. The normalized spacial score (nSPS) is 12.3. The van der Waals surface area contributed by atoms with E-state index in [1.54, 1.807) is 17.0 Å². The molecule has 0 saturated carbocycles. The third-order valence-electron chi connectivity index (χ3n) is 2.37. The number of aliphatic carboxylic acids is 1. The van der Waals surface area contributed by atoms with Crippen molar-refractivity contribution in [1.29, 1.82) is 0 Å². The number of carbonyl (C=O) groups is 1. The van der Waals surface area contributed by atoms with E-state index in [1.807, 2.05) is 30.3 Å². The third-order valence-corrected chi connectivity index (χ3v) is 2.70. The van der Waals surface area contributed by atoms with Gasteiger partial charge in [-0.2, -0.15) is 0 Å². The zero-order valence-corrected chi connectivity index (χ0v) is 9.71. The number of hydrogen-bond acceptors (Lipinski definition) is 2. The van der Waals surface area contributed by atoms with Gasteiger partial charge in [0.1, 0.15) is 11.2 Å². The molecule has 0 fully saturated rings. The highest BCUT2D eigenvalue weighted by Gasteiger charge is 2.16. The zero-order valence-electron chi connectivity index (χ0n) is 8.95. The minimum absolute atomic E-state index is 0.196. The van der Waals surface area contributed by atoms with E-state index in [-0.39, 0.29) is 6.54 Å². The zero-order chi connectivity index (χ0) is 12.3. The smallest absolute Gasteiger partial charge is 0.323 e. The average Bonchev–Trinajstić information content (AvgIpc) is 2.78. The summed E-state index contributed by atoms with van der Waals surface area (Å²) in [6.45, 7) is 0.196. The molecule has 1 heterocycles. The molecule has 0 amide bonds. The summed E-state index contributed by atoms with van der Waals surface area (Å²) in [4.78, 5) is 14.9. The van der Waals surface area contributed by atoms with Crippen LogP contribution in [0.15, 0.2) is 42.7 Å². The molecule has 1 aromatic carbocycles. The minimum atomic E-state index is -1.03. The van der Waals surface area contributed by atoms with Gasteiger partial charge in [0, 0.05) is 18.0 Å². The Hall–Kier alpha value is -1.81. The third kappa shape index (κ3) is 2.65. The molecule has 2 aromatic rings. The van der Waals surface area contributed by atoms with Crippen molar-refractivity contribution in [1.82, 2.24) is 9.55 Å². The van der Waals surface area contributed by atoms with Crippen molar-refractivity contribution in [3.63, 3.8) is 0 Å². The first-order valence-electron chi connectivity index (χ1n) is 5.12. The number of hydrogen-bond donors (Lipinski definition) is 1. The van der Waals surface area contributed by atoms with E-state index in [4.69, 9.17) is 16.7 Å². The molecule has 0 spiro atoms. The lowest BCUT2D eigenvalue weighted by Gasteiger charge is -2.09. The van der Waals surface area contributed by atoms with E-state index in [0.29, 0.717) is 0 Å². The summed E-state index contributed by atoms with van der Waals surface area (Å²) in [5, 5.41) is 7.82. The Balaban J connectivity index is 2.26. The standard InChI is InChI=1S/C12H11ClN2O2/c13-10(12(16)17)8-15-7-6-14-11(15)9-4-2-1-3-5-9/h1-7,10H,8H2,(H,16,17). The van der Waals surface area contributed by atoms with Crippen LogP contribution in [0.3, 0.4) is 0 Å². The van der Waals surface area contributed by atoms with Crippen molar-refractivity contribution in [3.8, 4) is 11.4 Å². The van der Waals surface area contributed by atoms with Crippen molar-refractivity contribution < 1.29 is 9.90 Å². The summed E-state index contributed by atoms with van der Waals surface area (Å²) >= 11 is 5.72. The molecule has 0 aliphatic heterocycles. The number of nitrogens with zero attached hydrogens (tertiary/aromatic N) is 2. The van der Waals surface area contributed by atoms with Gasteiger partial charge in [0.05, 0.1) is 6.54 Å². The molecule has 0 saturated heterocycles. The van der Waals surface area contributed by atoms with Gasteiger partial charge in [-0.05, 0) is 0 Å². The number of halogens is 1. The highest BCUT2D eigenvalue weighted by molar-refractivity contribution is 6.29. The molecule has 0 aliphatic carbocycles. The van der Waals surface area contributed by atoms with E-state index in [2.05, 4.69) is 4.98 Å². The van der Waals surface area contributed by atoms with E-state index in [0.717, 1.165) is 11.4 Å². The van der Waals surface area contributed by atoms with Crippen LogP contribution < -0.4 is 0 Å². The fourth-order valence-corrected chi connectivity index (χ4v) is 1.70. The van der Waals surface area contributed by atoms with Gasteiger partial charge in [-0.15, -0.1) is 11.6 Å². The van der Waals surface area contributed by atoms with Crippen molar-refractivity contribution in [2.45, 2.75) is 11.9 Å². The van der Waals surface area contributed by atoms with Crippen LogP contribution in [0, 0.1) is 0 Å². The molecule has 2 rings (SSSR count). The lowest BCUT2D eigenvalue weighted by Crippen LogP contribution is -2.20. The maximum Gasteiger partial charge on any atom is 0.323 e. The van der Waals surface area contributed by atoms with Crippen LogP contribution in [0.2, 0.25) is 0 Å². The minimum Gasteiger partial charge on any atom is -0.480 e. The van der Waals surface area contributed by atoms with Crippen LogP contribution >= 0.6 is 11.6 Å². The lowest BCUT2D eigenvalue weighted by atomic mass is 10.2. The van der Waals surface area contributed by atoms with Gasteiger partial charge in [0.25, 0.3) is 0 Å². The van der Waals surface area contributed by atoms with Crippen LogP contribution in [-0.2, 0) is 11.3 Å². The Morgan fingerprint density at radius 3 is 2.76 bits per heavy atom. The number of carboxylic acid groups (broad SMARTS) is 1. The first-order valence-corrected chi connectivity index (χ1v) is 5.55. The highest BCUT2D eigenvalue weighted by atomic mass is 35.5. The first-order chi connectivity index (χ1) is 8.18. The Bertz CT molecular complexity index is 510. The summed E-state index contributed by atoms with van der Waals surface area (Å²) in [7, 11) is 0. The Morgan fingerprint density at radius 1 is 1.41 bits per heavy atom. The monoisotopic (exact) mass is 250 g/mol. The van der Waals surface area contributed by atoms with E-state index in [1.165, 1.54) is 0 Å². The fraction of sp³-hybridized carbons (Fsp3) is 0.167. The van der Waals surface area contributed by atoms with Crippen molar-refractivity contribution in [2.75, 3.05) is 0 Å². The van der Waals surface area contributed by atoms with Crippen molar-refractivity contribution >= 4 is 17.6 Å². The summed E-state index contributed by atoms with van der Waals surface area (Å²) < 4.78 is 1.74. The molecule has 88 valence electrons. The average molecular weight is 251 g/mol. The van der Waals surface area contributed by atoms with Crippen molar-refractivity contribution in [3.05, 3.63) is 42.7 Å². The summed E-state index contributed by atoms with van der Waals surface area (Å²) in [6.07, 6.45) is 3.36. The summed E-state index contributed by atoms with van der Waals surface area (Å²) in [5.74, 6) is -0.308. The molecule has 1 aromatic heterocycles. The van der Waals surface area contributed by atoms with Crippen LogP contribution in [0.5, 0.6) is 0 Å². The molecule has 1 unspecified atom stereocenters. The SMILES string of the molecule is O=C(O)C(Cl)Cn1ccnc1-c1ccccc1. The first kappa shape index (κ1) is 11.7. The number of imidazole rings is 1. The molecule has 4 nitrogen and oxygen atoms in total. The van der Waals surface area contributed by atoms with Crippen molar-refractivity contribution in [2.24, 2.45) is 0 Å². The second-order valence-corrected chi connectivity index (χ2v) is 4.10. The topological polar surface area (TPSA) is 55.1 Å². The molecule has 1 atom stereocenters. The molecule has 17 heavy (non-hydrogen) atoms. The number of carboxylic acids is 1. The van der Waals surface area contributed by atoms with Gasteiger partial charge >= 0.3 is 5.97 Å². The predicted octanol–water partition coefficient (Wildman–Crippen LogP) is 2.24. The van der Waals surface area contributed by atoms with E-state index >= 15 is 0 Å². The highest BCUT2D eigenvalue weighted by Crippen LogP contribution is 2.17. The van der Waals surface area contributed by atoms with Crippen LogP contribution in [0.25, 0.3) is 11.4 Å². The van der Waals surface area contributed by atoms with Gasteiger partial charge in [-0.1, -0.05) is 30.3 Å². The lowest BCUT2D eigenvalue weighted by molar-refractivity contribution is -0.136. The summed E-state index contributed by atoms with van der Waals surface area (Å²) in [5.41, 5.74) is 0.937. The van der Waals surface area contributed by atoms with Gasteiger partial charge in [-0.25, -0.2) is 4.98 Å². The molecule has 0 bridgehead atoms. The van der Waals surface area contributed by atoms with Gasteiger partial charge in [-0.3, -0.25) is 4.79 Å². The van der Waals surface area contributed by atoms with E-state index < -0.39 is 11.3 Å². The van der Waals surface area contributed by atoms with Gasteiger partial charge in [0.15, 0.2) is 0 Å². The maximum atomic E-state index is 10.7. The molecule has 1 N–H and O–H groups in total. The maximum absolute atomic E-state index is 10.7. The molecule has 5 heteroatoms. The Labute approximate surface area is 103 Å². The molecule has 0 radical (unpaired) electrons. The van der Waals surface area contributed by atoms with Crippen LogP contribution in [0.4, 0.5) is 0 Å². The van der Waals surface area contributed by atoms with Crippen LogP contribution in [0.1, 0.15) is 0 Å². The Morgan fingerprint density at radius 2 is 2.12 bits per heavy atom. The summed E-state index contributed by atoms with van der Waals surface area (Å²) in [6, 6.07) is 9.57. The fourth-order valence-electron chi connectivity index (χ4n) is 1.55. The molecular formula is C12H11ClN2O2. The largest absolute Gasteiger partial charge is 0.480 e. The second-order valence-electron chi connectivity index (χ2n) is 3.58. The van der Waals surface area contributed by atoms with Gasteiger partial charge in [0.2, 0.25) is 0 Å².